The number of hydrogen-bond acceptors (Lipinski definition) is 2. The predicted molar refractivity (Wildman–Crippen MR) is 66.1 cm³/mol. The summed E-state index contributed by atoms with van der Waals surface area (Å²) in [6.45, 7) is 0. The van der Waals surface area contributed by atoms with E-state index in [-0.39, 0.29) is 5.75 Å². The summed E-state index contributed by atoms with van der Waals surface area (Å²) in [5.74, 6) is 0.741. The Balaban J connectivity index is 0.000000200. The van der Waals surface area contributed by atoms with Gasteiger partial charge in [0.25, 0.3) is 0 Å². The standard InChI is InChI=1S/C7H5F3O.C7H8O/c8-7(9,10)5-1-3-6(11)4-2-5;1-8-7-5-3-2-4-6-7/h1-4,11H;2-6H,1H3. The van der Waals surface area contributed by atoms with Crippen molar-refractivity contribution in [2.75, 3.05) is 7.11 Å². The first-order valence-corrected chi connectivity index (χ1v) is 5.38. The summed E-state index contributed by atoms with van der Waals surface area (Å²) >= 11 is 0. The fourth-order valence-electron chi connectivity index (χ4n) is 1.21. The van der Waals surface area contributed by atoms with Crippen LogP contribution in [0.25, 0.3) is 0 Å². The average molecular weight is 270 g/mol. The van der Waals surface area contributed by atoms with E-state index in [0.717, 1.165) is 30.0 Å². The van der Waals surface area contributed by atoms with Crippen molar-refractivity contribution >= 4 is 0 Å². The molecule has 5 heteroatoms. The number of alkyl halides is 3. The van der Waals surface area contributed by atoms with Crippen molar-refractivity contribution in [3.05, 3.63) is 60.2 Å². The molecule has 19 heavy (non-hydrogen) atoms. The lowest BCUT2D eigenvalue weighted by Gasteiger charge is -2.04. The number of methoxy groups -OCH3 is 1. The lowest BCUT2D eigenvalue weighted by Crippen LogP contribution is -2.03. The number of hydrogen-bond donors (Lipinski definition) is 1. The minimum absolute atomic E-state index is 0.169. The number of halogens is 3. The molecule has 0 aliphatic heterocycles. The van der Waals surface area contributed by atoms with Gasteiger partial charge in [0.1, 0.15) is 11.5 Å². The topological polar surface area (TPSA) is 29.5 Å². The monoisotopic (exact) mass is 270 g/mol. The molecule has 2 rings (SSSR count). The maximum atomic E-state index is 11.8. The van der Waals surface area contributed by atoms with Gasteiger partial charge in [-0.05, 0) is 36.4 Å². The fraction of sp³-hybridized carbons (Fsp3) is 0.143. The maximum Gasteiger partial charge on any atom is 0.416 e. The Bertz CT molecular complexity index is 478. The smallest absolute Gasteiger partial charge is 0.416 e. The molecule has 0 unspecified atom stereocenters. The van der Waals surface area contributed by atoms with Crippen LogP contribution >= 0.6 is 0 Å². The van der Waals surface area contributed by atoms with Gasteiger partial charge in [-0.2, -0.15) is 13.2 Å². The average Bonchev–Trinajstić information content (AvgIpc) is 2.40. The van der Waals surface area contributed by atoms with Crippen LogP contribution in [0.4, 0.5) is 13.2 Å². The predicted octanol–water partition coefficient (Wildman–Crippen LogP) is 4.11. The van der Waals surface area contributed by atoms with E-state index >= 15 is 0 Å². The van der Waals surface area contributed by atoms with Crippen molar-refractivity contribution in [1.29, 1.82) is 0 Å². The van der Waals surface area contributed by atoms with Crippen molar-refractivity contribution in [3.63, 3.8) is 0 Å². The Morgan fingerprint density at radius 1 is 0.895 bits per heavy atom. The summed E-state index contributed by atoms with van der Waals surface area (Å²) in [5.41, 5.74) is -0.754. The quantitative estimate of drug-likeness (QED) is 0.845. The number of aromatic hydroxyl groups is 1. The fourth-order valence-corrected chi connectivity index (χ4v) is 1.21. The summed E-state index contributed by atoms with van der Waals surface area (Å²) in [4.78, 5) is 0. The van der Waals surface area contributed by atoms with Crippen molar-refractivity contribution < 1.29 is 23.0 Å². The zero-order valence-electron chi connectivity index (χ0n) is 10.2. The second-order valence-electron chi connectivity index (χ2n) is 3.56. The van der Waals surface area contributed by atoms with Crippen LogP contribution in [0.5, 0.6) is 11.5 Å². The van der Waals surface area contributed by atoms with Gasteiger partial charge in [-0.3, -0.25) is 0 Å². The highest BCUT2D eigenvalue weighted by Crippen LogP contribution is 2.29. The third-order valence-corrected chi connectivity index (χ3v) is 2.17. The molecule has 1 N–H and O–H groups in total. The van der Waals surface area contributed by atoms with Crippen LogP contribution < -0.4 is 4.74 Å². The van der Waals surface area contributed by atoms with Gasteiger partial charge in [-0.15, -0.1) is 0 Å². The van der Waals surface area contributed by atoms with Crippen LogP contribution in [0.15, 0.2) is 54.6 Å². The molecule has 0 aliphatic rings. The number of ether oxygens (including phenoxy) is 1. The van der Waals surface area contributed by atoms with Crippen LogP contribution in [0.1, 0.15) is 5.56 Å². The number of para-hydroxylation sites is 1. The normalized spacial score (nSPS) is 10.3. The molecule has 0 radical (unpaired) electrons. The Kier molecular flexibility index (Phi) is 5.23. The van der Waals surface area contributed by atoms with Gasteiger partial charge in [0.2, 0.25) is 0 Å². The Hall–Kier alpha value is -2.17. The van der Waals surface area contributed by atoms with E-state index in [4.69, 9.17) is 9.84 Å². The molecule has 2 nitrogen and oxygen atoms in total. The molecule has 102 valence electrons. The summed E-state index contributed by atoms with van der Waals surface area (Å²) in [7, 11) is 1.66. The molecule has 0 aliphatic carbocycles. The summed E-state index contributed by atoms with van der Waals surface area (Å²) in [6.07, 6.45) is -4.33. The third kappa shape index (κ3) is 5.33. The minimum Gasteiger partial charge on any atom is -0.508 e. The highest BCUT2D eigenvalue weighted by atomic mass is 19.4. The van der Waals surface area contributed by atoms with Gasteiger partial charge in [0, 0.05) is 0 Å². The van der Waals surface area contributed by atoms with E-state index in [1.807, 2.05) is 30.3 Å². The van der Waals surface area contributed by atoms with Crippen molar-refractivity contribution in [3.8, 4) is 11.5 Å². The van der Waals surface area contributed by atoms with Gasteiger partial charge >= 0.3 is 6.18 Å². The second kappa shape index (κ2) is 6.68. The van der Waals surface area contributed by atoms with Crippen molar-refractivity contribution in [1.82, 2.24) is 0 Å². The first-order chi connectivity index (χ1) is 8.93. The van der Waals surface area contributed by atoms with Crippen molar-refractivity contribution in [2.24, 2.45) is 0 Å². The van der Waals surface area contributed by atoms with Gasteiger partial charge < -0.3 is 9.84 Å². The molecule has 0 amide bonds. The lowest BCUT2D eigenvalue weighted by atomic mass is 10.2. The van der Waals surface area contributed by atoms with Gasteiger partial charge in [-0.25, -0.2) is 0 Å². The summed E-state index contributed by atoms with van der Waals surface area (Å²) in [6, 6.07) is 13.3. The number of rotatable bonds is 1. The number of phenolic OH excluding ortho intramolecular Hbond substituents is 1. The van der Waals surface area contributed by atoms with E-state index in [1.54, 1.807) is 7.11 Å². The Morgan fingerprint density at radius 3 is 1.79 bits per heavy atom. The van der Waals surface area contributed by atoms with Crippen LogP contribution in [-0.2, 0) is 6.18 Å². The maximum absolute atomic E-state index is 11.8. The zero-order chi connectivity index (χ0) is 14.3. The largest absolute Gasteiger partial charge is 0.508 e. The van der Waals surface area contributed by atoms with Gasteiger partial charge in [0.15, 0.2) is 0 Å². The molecule has 0 fully saturated rings. The molecule has 0 atom stereocenters. The van der Waals surface area contributed by atoms with E-state index in [2.05, 4.69) is 0 Å². The number of benzene rings is 2. The van der Waals surface area contributed by atoms with E-state index in [9.17, 15) is 13.2 Å². The molecule has 0 saturated heterocycles. The van der Waals surface area contributed by atoms with E-state index in [0.29, 0.717) is 0 Å². The Labute approximate surface area is 109 Å². The SMILES string of the molecule is COc1ccccc1.Oc1ccc(C(F)(F)F)cc1. The molecule has 0 saturated carbocycles. The molecule has 2 aromatic carbocycles. The van der Waals surface area contributed by atoms with Gasteiger partial charge in [-0.1, -0.05) is 18.2 Å². The van der Waals surface area contributed by atoms with Crippen LogP contribution in [0.3, 0.4) is 0 Å². The molecule has 2 aromatic rings. The summed E-state index contributed by atoms with van der Waals surface area (Å²) in [5, 5.41) is 8.66. The van der Waals surface area contributed by atoms with Gasteiger partial charge in [0.05, 0.1) is 12.7 Å². The molecular weight excluding hydrogens is 257 g/mol. The minimum atomic E-state index is -4.33. The number of phenols is 1. The zero-order valence-corrected chi connectivity index (χ0v) is 10.2. The highest BCUT2D eigenvalue weighted by molar-refractivity contribution is 5.27. The Morgan fingerprint density at radius 2 is 1.42 bits per heavy atom. The molecule has 0 aromatic heterocycles. The lowest BCUT2D eigenvalue weighted by molar-refractivity contribution is -0.137. The van der Waals surface area contributed by atoms with Crippen LogP contribution in [0.2, 0.25) is 0 Å². The van der Waals surface area contributed by atoms with E-state index in [1.165, 1.54) is 0 Å². The molecule has 0 spiro atoms. The first-order valence-electron chi connectivity index (χ1n) is 5.38. The van der Waals surface area contributed by atoms with Crippen molar-refractivity contribution in [2.45, 2.75) is 6.18 Å². The molecule has 0 bridgehead atoms. The first kappa shape index (κ1) is 14.9. The molecular formula is C14H13F3O2. The third-order valence-electron chi connectivity index (χ3n) is 2.17. The second-order valence-corrected chi connectivity index (χ2v) is 3.56. The summed E-state index contributed by atoms with van der Waals surface area (Å²) < 4.78 is 40.4. The van der Waals surface area contributed by atoms with Crippen LogP contribution in [-0.4, -0.2) is 12.2 Å². The van der Waals surface area contributed by atoms with E-state index < -0.39 is 11.7 Å². The highest BCUT2D eigenvalue weighted by Gasteiger charge is 2.29. The molecule has 0 heterocycles. The van der Waals surface area contributed by atoms with Crippen LogP contribution in [0, 0.1) is 0 Å².